The van der Waals surface area contributed by atoms with Crippen molar-refractivity contribution in [3.05, 3.63) is 17.0 Å². The average Bonchev–Trinajstić information content (AvgIpc) is 2.74. The highest BCUT2D eigenvalue weighted by Gasteiger charge is 2.19. The van der Waals surface area contributed by atoms with Crippen LogP contribution in [0.3, 0.4) is 0 Å². The Labute approximate surface area is 121 Å². The van der Waals surface area contributed by atoms with Gasteiger partial charge in [-0.3, -0.25) is 0 Å². The van der Waals surface area contributed by atoms with E-state index in [1.165, 1.54) is 12.8 Å². The van der Waals surface area contributed by atoms with Crippen molar-refractivity contribution >= 4 is 5.96 Å². The molecule has 5 heteroatoms. The molecule has 2 heterocycles. The summed E-state index contributed by atoms with van der Waals surface area (Å²) in [7, 11) is 0. The predicted molar refractivity (Wildman–Crippen MR) is 80.8 cm³/mol. The molecular formula is C15H26N4O. The molecule has 0 amide bonds. The number of aryl methyl sites for hydroxylation is 2. The number of guanidine groups is 1. The quantitative estimate of drug-likeness (QED) is 0.682. The lowest BCUT2D eigenvalue weighted by molar-refractivity contribution is 0.266. The number of nitrogens with one attached hydrogen (secondary N) is 1. The lowest BCUT2D eigenvalue weighted by Crippen LogP contribution is -2.46. The summed E-state index contributed by atoms with van der Waals surface area (Å²) >= 11 is 0. The van der Waals surface area contributed by atoms with E-state index in [1.54, 1.807) is 0 Å². The molecule has 5 nitrogen and oxygen atoms in total. The normalized spacial score (nSPS) is 20.3. The molecule has 1 N–H and O–H groups in total. The molecule has 0 aliphatic carbocycles. The van der Waals surface area contributed by atoms with Crippen LogP contribution in [0.4, 0.5) is 0 Å². The van der Waals surface area contributed by atoms with E-state index in [9.17, 15) is 0 Å². The van der Waals surface area contributed by atoms with Crippen LogP contribution >= 0.6 is 0 Å². The number of hydrogen-bond acceptors (Lipinski definition) is 3. The van der Waals surface area contributed by atoms with Crippen molar-refractivity contribution in [3.63, 3.8) is 0 Å². The molecule has 1 unspecified atom stereocenters. The van der Waals surface area contributed by atoms with Gasteiger partial charge in [-0.1, -0.05) is 12.1 Å². The van der Waals surface area contributed by atoms with Crippen molar-refractivity contribution in [2.45, 2.75) is 47.1 Å². The van der Waals surface area contributed by atoms with E-state index >= 15 is 0 Å². The Morgan fingerprint density at radius 3 is 2.90 bits per heavy atom. The second kappa shape index (κ2) is 6.77. The monoisotopic (exact) mass is 278 g/mol. The molecule has 1 aliphatic heterocycles. The Bertz CT molecular complexity index is 447. The first-order valence-electron chi connectivity index (χ1n) is 7.56. The summed E-state index contributed by atoms with van der Waals surface area (Å²) in [5.74, 6) is 2.62. The molecule has 1 fully saturated rings. The molecule has 0 spiro atoms. The maximum absolute atomic E-state index is 5.20. The Hall–Kier alpha value is -1.52. The van der Waals surface area contributed by atoms with Gasteiger partial charge in [0.15, 0.2) is 5.96 Å². The summed E-state index contributed by atoms with van der Waals surface area (Å²) in [6.45, 7) is 12.0. The number of aliphatic imine (C=N–C) groups is 1. The van der Waals surface area contributed by atoms with E-state index in [2.05, 4.69) is 29.2 Å². The summed E-state index contributed by atoms with van der Waals surface area (Å²) in [4.78, 5) is 7.14. The van der Waals surface area contributed by atoms with Crippen LogP contribution in [0.25, 0.3) is 0 Å². The van der Waals surface area contributed by atoms with Crippen LogP contribution in [0.1, 0.15) is 43.7 Å². The van der Waals surface area contributed by atoms with Crippen LogP contribution in [0, 0.1) is 19.8 Å². The van der Waals surface area contributed by atoms with Crippen LogP contribution in [0.2, 0.25) is 0 Å². The van der Waals surface area contributed by atoms with Crippen molar-refractivity contribution in [1.82, 2.24) is 15.4 Å². The number of hydrogen-bond donors (Lipinski definition) is 1. The van der Waals surface area contributed by atoms with Gasteiger partial charge < -0.3 is 14.7 Å². The summed E-state index contributed by atoms with van der Waals surface area (Å²) in [6.07, 6.45) is 2.57. The molecule has 1 aromatic heterocycles. The highest BCUT2D eigenvalue weighted by Crippen LogP contribution is 2.17. The van der Waals surface area contributed by atoms with Crippen molar-refractivity contribution in [1.29, 1.82) is 0 Å². The highest BCUT2D eigenvalue weighted by molar-refractivity contribution is 5.80. The molecular weight excluding hydrogens is 252 g/mol. The van der Waals surface area contributed by atoms with Crippen molar-refractivity contribution < 1.29 is 4.52 Å². The molecule has 1 aliphatic rings. The highest BCUT2D eigenvalue weighted by atomic mass is 16.5. The summed E-state index contributed by atoms with van der Waals surface area (Å²) < 4.78 is 5.20. The van der Waals surface area contributed by atoms with Gasteiger partial charge in [0.05, 0.1) is 12.2 Å². The first kappa shape index (κ1) is 14.9. The zero-order valence-corrected chi connectivity index (χ0v) is 13.1. The largest absolute Gasteiger partial charge is 0.361 e. The Morgan fingerprint density at radius 1 is 1.50 bits per heavy atom. The average molecular weight is 278 g/mol. The first-order valence-corrected chi connectivity index (χ1v) is 7.56. The zero-order chi connectivity index (χ0) is 14.5. The van der Waals surface area contributed by atoms with E-state index in [-0.39, 0.29) is 0 Å². The number of aromatic nitrogens is 1. The van der Waals surface area contributed by atoms with Gasteiger partial charge in [0.2, 0.25) is 0 Å². The maximum atomic E-state index is 5.20. The number of likely N-dealkylation sites (tertiary alicyclic amines) is 1. The van der Waals surface area contributed by atoms with Crippen LogP contribution < -0.4 is 5.32 Å². The third-order valence-corrected chi connectivity index (χ3v) is 3.86. The first-order chi connectivity index (χ1) is 9.61. The van der Waals surface area contributed by atoms with Crippen molar-refractivity contribution in [2.24, 2.45) is 10.9 Å². The van der Waals surface area contributed by atoms with E-state index in [0.29, 0.717) is 6.54 Å². The minimum absolute atomic E-state index is 0.633. The fourth-order valence-electron chi connectivity index (χ4n) is 2.69. The molecule has 20 heavy (non-hydrogen) atoms. The van der Waals surface area contributed by atoms with E-state index in [0.717, 1.165) is 48.5 Å². The molecule has 1 atom stereocenters. The fraction of sp³-hybridized carbons (Fsp3) is 0.733. The lowest BCUT2D eigenvalue weighted by Gasteiger charge is -2.33. The van der Waals surface area contributed by atoms with E-state index < -0.39 is 0 Å². The van der Waals surface area contributed by atoms with Gasteiger partial charge in [0.25, 0.3) is 0 Å². The molecule has 0 bridgehead atoms. The Kier molecular flexibility index (Phi) is 5.04. The van der Waals surface area contributed by atoms with Crippen LogP contribution in [0.15, 0.2) is 9.52 Å². The smallest absolute Gasteiger partial charge is 0.194 e. The van der Waals surface area contributed by atoms with Crippen molar-refractivity contribution in [3.8, 4) is 0 Å². The second-order valence-electron chi connectivity index (χ2n) is 5.67. The molecule has 112 valence electrons. The van der Waals surface area contributed by atoms with Gasteiger partial charge in [-0.15, -0.1) is 0 Å². The van der Waals surface area contributed by atoms with Crippen LogP contribution in [0.5, 0.6) is 0 Å². The zero-order valence-electron chi connectivity index (χ0n) is 13.1. The second-order valence-corrected chi connectivity index (χ2v) is 5.67. The van der Waals surface area contributed by atoms with Gasteiger partial charge in [-0.05, 0) is 39.5 Å². The Morgan fingerprint density at radius 2 is 2.30 bits per heavy atom. The topological polar surface area (TPSA) is 53.7 Å². The number of piperidine rings is 1. The molecule has 0 radical (unpaired) electrons. The van der Waals surface area contributed by atoms with Crippen molar-refractivity contribution in [2.75, 3.05) is 19.6 Å². The number of rotatable bonds is 3. The van der Waals surface area contributed by atoms with Gasteiger partial charge in [0.1, 0.15) is 5.76 Å². The predicted octanol–water partition coefficient (Wildman–Crippen LogP) is 2.49. The Balaban J connectivity index is 2.09. The van der Waals surface area contributed by atoms with E-state index in [1.807, 2.05) is 13.8 Å². The van der Waals surface area contributed by atoms with Gasteiger partial charge in [-0.2, -0.15) is 0 Å². The summed E-state index contributed by atoms with van der Waals surface area (Å²) in [5, 5.41) is 7.39. The van der Waals surface area contributed by atoms with Gasteiger partial charge in [0, 0.05) is 25.2 Å². The summed E-state index contributed by atoms with van der Waals surface area (Å²) in [5.41, 5.74) is 2.04. The molecule has 0 aromatic carbocycles. The SMILES string of the molecule is CCNC(=NCc1c(C)noc1C)N1CCCC(C)C1. The standard InChI is InChI=1S/C15H26N4O/c1-5-16-15(19-8-6-7-11(2)10-19)17-9-14-12(3)18-20-13(14)4/h11H,5-10H2,1-4H3,(H,16,17). The molecule has 1 aromatic rings. The van der Waals surface area contributed by atoms with Gasteiger partial charge in [-0.25, -0.2) is 4.99 Å². The lowest BCUT2D eigenvalue weighted by atomic mass is 10.0. The molecule has 2 rings (SSSR count). The minimum atomic E-state index is 0.633. The van der Waals surface area contributed by atoms with Gasteiger partial charge >= 0.3 is 0 Å². The molecule has 0 saturated carbocycles. The summed E-state index contributed by atoms with van der Waals surface area (Å²) in [6, 6.07) is 0. The number of nitrogens with zero attached hydrogens (tertiary/aromatic N) is 3. The third kappa shape index (κ3) is 3.52. The third-order valence-electron chi connectivity index (χ3n) is 3.86. The van der Waals surface area contributed by atoms with E-state index in [4.69, 9.17) is 9.52 Å². The van der Waals surface area contributed by atoms with Crippen LogP contribution in [-0.4, -0.2) is 35.7 Å². The fourth-order valence-corrected chi connectivity index (χ4v) is 2.69. The molecule has 1 saturated heterocycles. The maximum Gasteiger partial charge on any atom is 0.194 e. The van der Waals surface area contributed by atoms with Crippen LogP contribution in [-0.2, 0) is 6.54 Å². The minimum Gasteiger partial charge on any atom is -0.361 e.